The first-order valence-corrected chi connectivity index (χ1v) is 8.83. The van der Waals surface area contributed by atoms with Gasteiger partial charge < -0.3 is 9.84 Å². The summed E-state index contributed by atoms with van der Waals surface area (Å²) >= 11 is 1.56. The summed E-state index contributed by atoms with van der Waals surface area (Å²) in [4.78, 5) is 16.1. The smallest absolute Gasteiger partial charge is 0.238 e. The standard InChI is InChI=1S/C13H17N3O3S2/c1-8(2)13-14-10(5-20-13)6-21(18)7-12(17)15-11-4-9(3)19-16-11/h4-5,8H,6-7H2,1-3H3,(H,15,16,17). The maximum absolute atomic E-state index is 12.0. The number of thiazole rings is 1. The first kappa shape index (κ1) is 15.8. The van der Waals surface area contributed by atoms with E-state index in [0.29, 0.717) is 17.5 Å². The Kier molecular flexibility index (Phi) is 5.24. The highest BCUT2D eigenvalue weighted by atomic mass is 32.2. The predicted octanol–water partition coefficient (Wildman–Crippen LogP) is 2.45. The van der Waals surface area contributed by atoms with Gasteiger partial charge in [-0.05, 0) is 6.92 Å². The van der Waals surface area contributed by atoms with Crippen molar-refractivity contribution in [3.63, 3.8) is 0 Å². The summed E-state index contributed by atoms with van der Waals surface area (Å²) in [6.45, 7) is 5.86. The van der Waals surface area contributed by atoms with E-state index in [1.165, 1.54) is 0 Å². The summed E-state index contributed by atoms with van der Waals surface area (Å²) in [6.07, 6.45) is 0. The van der Waals surface area contributed by atoms with Crippen LogP contribution in [0.2, 0.25) is 0 Å². The summed E-state index contributed by atoms with van der Waals surface area (Å²) < 4.78 is 16.8. The molecule has 2 aromatic heterocycles. The molecule has 0 aliphatic carbocycles. The molecule has 0 fully saturated rings. The van der Waals surface area contributed by atoms with Crippen LogP contribution in [-0.2, 0) is 21.3 Å². The summed E-state index contributed by atoms with van der Waals surface area (Å²) in [5.74, 6) is 1.16. The van der Waals surface area contributed by atoms with E-state index in [9.17, 15) is 9.00 Å². The Bertz CT molecular complexity index is 649. The number of hydrogen-bond acceptors (Lipinski definition) is 6. The first-order valence-electron chi connectivity index (χ1n) is 6.46. The molecule has 2 rings (SSSR count). The molecule has 0 aliphatic rings. The zero-order chi connectivity index (χ0) is 15.4. The molecule has 6 nitrogen and oxygen atoms in total. The molecule has 1 atom stereocenters. The first-order chi connectivity index (χ1) is 9.94. The molecule has 0 aromatic carbocycles. The van der Waals surface area contributed by atoms with Crippen LogP contribution in [-0.4, -0.2) is 26.0 Å². The van der Waals surface area contributed by atoms with Gasteiger partial charge in [0.05, 0.1) is 16.5 Å². The Morgan fingerprint density at radius 1 is 1.52 bits per heavy atom. The molecule has 0 aliphatic heterocycles. The van der Waals surface area contributed by atoms with Crippen molar-refractivity contribution in [3.05, 3.63) is 27.9 Å². The quantitative estimate of drug-likeness (QED) is 0.881. The van der Waals surface area contributed by atoms with Crippen molar-refractivity contribution in [2.24, 2.45) is 0 Å². The third kappa shape index (κ3) is 4.75. The fourth-order valence-corrected chi connectivity index (χ4v) is 3.51. The van der Waals surface area contributed by atoms with Crippen LogP contribution in [0.4, 0.5) is 5.82 Å². The normalized spacial score (nSPS) is 12.6. The van der Waals surface area contributed by atoms with Crippen molar-refractivity contribution in [2.75, 3.05) is 11.1 Å². The van der Waals surface area contributed by atoms with Crippen LogP contribution < -0.4 is 5.32 Å². The van der Waals surface area contributed by atoms with Gasteiger partial charge in [0.2, 0.25) is 5.91 Å². The fourth-order valence-electron chi connectivity index (χ4n) is 1.62. The summed E-state index contributed by atoms with van der Waals surface area (Å²) in [5.41, 5.74) is 0.770. The molecule has 1 N–H and O–H groups in total. The second-order valence-electron chi connectivity index (χ2n) is 4.93. The van der Waals surface area contributed by atoms with Crippen molar-refractivity contribution in [1.82, 2.24) is 10.1 Å². The topological polar surface area (TPSA) is 85.1 Å². The van der Waals surface area contributed by atoms with Crippen LogP contribution >= 0.6 is 11.3 Å². The van der Waals surface area contributed by atoms with E-state index in [0.717, 1.165) is 10.7 Å². The number of carbonyl (C=O) groups excluding carboxylic acids is 1. The van der Waals surface area contributed by atoms with Gasteiger partial charge in [0.25, 0.3) is 0 Å². The van der Waals surface area contributed by atoms with Gasteiger partial charge in [0, 0.05) is 28.2 Å². The van der Waals surface area contributed by atoms with E-state index >= 15 is 0 Å². The molecule has 1 unspecified atom stereocenters. The van der Waals surface area contributed by atoms with E-state index in [-0.39, 0.29) is 17.4 Å². The predicted molar refractivity (Wildman–Crippen MR) is 82.8 cm³/mol. The van der Waals surface area contributed by atoms with E-state index in [2.05, 4.69) is 29.3 Å². The van der Waals surface area contributed by atoms with E-state index in [1.807, 2.05) is 5.38 Å². The molecule has 1 amide bonds. The third-order valence-electron chi connectivity index (χ3n) is 2.56. The zero-order valence-electron chi connectivity index (χ0n) is 12.1. The second kappa shape index (κ2) is 6.95. The minimum absolute atomic E-state index is 0.0829. The molecule has 114 valence electrons. The van der Waals surface area contributed by atoms with Gasteiger partial charge in [-0.1, -0.05) is 19.0 Å². The van der Waals surface area contributed by atoms with Crippen LogP contribution in [0.5, 0.6) is 0 Å². The van der Waals surface area contributed by atoms with Gasteiger partial charge in [0.15, 0.2) is 5.82 Å². The van der Waals surface area contributed by atoms with Crippen LogP contribution in [0, 0.1) is 6.92 Å². The number of aryl methyl sites for hydroxylation is 1. The highest BCUT2D eigenvalue weighted by molar-refractivity contribution is 7.84. The van der Waals surface area contributed by atoms with Gasteiger partial charge >= 0.3 is 0 Å². The number of nitrogens with zero attached hydrogens (tertiary/aromatic N) is 2. The lowest BCUT2D eigenvalue weighted by atomic mass is 10.2. The van der Waals surface area contributed by atoms with Gasteiger partial charge in [-0.2, -0.15) is 0 Å². The number of aromatic nitrogens is 2. The summed E-state index contributed by atoms with van der Waals surface area (Å²) in [6, 6.07) is 1.61. The Labute approximate surface area is 129 Å². The molecule has 2 heterocycles. The highest BCUT2D eigenvalue weighted by Gasteiger charge is 2.13. The van der Waals surface area contributed by atoms with E-state index in [1.54, 1.807) is 24.3 Å². The lowest BCUT2D eigenvalue weighted by Crippen LogP contribution is -2.20. The number of hydrogen-bond donors (Lipinski definition) is 1. The average Bonchev–Trinajstić information content (AvgIpc) is 2.98. The molecule has 0 bridgehead atoms. The minimum Gasteiger partial charge on any atom is -0.360 e. The lowest BCUT2D eigenvalue weighted by molar-refractivity contribution is -0.113. The molecule has 8 heteroatoms. The van der Waals surface area contributed by atoms with Gasteiger partial charge in [-0.25, -0.2) is 4.98 Å². The van der Waals surface area contributed by atoms with Crippen molar-refractivity contribution < 1.29 is 13.5 Å². The maximum atomic E-state index is 12.0. The molecular formula is C13H17N3O3S2. The second-order valence-corrected chi connectivity index (χ2v) is 7.28. The fraction of sp³-hybridized carbons (Fsp3) is 0.462. The van der Waals surface area contributed by atoms with Crippen molar-refractivity contribution >= 4 is 33.9 Å². The molecule has 0 saturated carbocycles. The van der Waals surface area contributed by atoms with Gasteiger partial charge in [0.1, 0.15) is 11.5 Å². The third-order valence-corrected chi connectivity index (χ3v) is 4.96. The van der Waals surface area contributed by atoms with Crippen LogP contribution in [0.15, 0.2) is 16.0 Å². The number of rotatable bonds is 6. The Morgan fingerprint density at radius 2 is 2.29 bits per heavy atom. The van der Waals surface area contributed by atoms with Crippen LogP contribution in [0.1, 0.15) is 36.2 Å². The highest BCUT2D eigenvalue weighted by Crippen LogP contribution is 2.19. The van der Waals surface area contributed by atoms with E-state index in [4.69, 9.17) is 4.52 Å². The molecule has 2 aromatic rings. The monoisotopic (exact) mass is 327 g/mol. The number of anilines is 1. The summed E-state index contributed by atoms with van der Waals surface area (Å²) in [7, 11) is -1.29. The average molecular weight is 327 g/mol. The Morgan fingerprint density at radius 3 is 2.86 bits per heavy atom. The molecule has 21 heavy (non-hydrogen) atoms. The van der Waals surface area contributed by atoms with E-state index < -0.39 is 10.8 Å². The number of nitrogens with one attached hydrogen (secondary N) is 1. The number of carbonyl (C=O) groups is 1. The largest absolute Gasteiger partial charge is 0.360 e. The van der Waals surface area contributed by atoms with Crippen molar-refractivity contribution in [2.45, 2.75) is 32.4 Å². The molecular weight excluding hydrogens is 310 g/mol. The van der Waals surface area contributed by atoms with Crippen molar-refractivity contribution in [3.8, 4) is 0 Å². The summed E-state index contributed by atoms with van der Waals surface area (Å²) in [5, 5.41) is 9.11. The lowest BCUT2D eigenvalue weighted by Gasteiger charge is -2.01. The Hall–Kier alpha value is -1.54. The zero-order valence-corrected chi connectivity index (χ0v) is 13.7. The SMILES string of the molecule is Cc1cc(NC(=O)CS(=O)Cc2csc(C(C)C)n2)no1. The maximum Gasteiger partial charge on any atom is 0.238 e. The molecule has 0 spiro atoms. The Balaban J connectivity index is 1.84. The van der Waals surface area contributed by atoms with Crippen molar-refractivity contribution in [1.29, 1.82) is 0 Å². The van der Waals surface area contributed by atoms with Gasteiger partial charge in [-0.3, -0.25) is 9.00 Å². The van der Waals surface area contributed by atoms with Crippen LogP contribution in [0.25, 0.3) is 0 Å². The van der Waals surface area contributed by atoms with Gasteiger partial charge in [-0.15, -0.1) is 11.3 Å². The molecule has 0 radical (unpaired) electrons. The minimum atomic E-state index is -1.29. The van der Waals surface area contributed by atoms with Crippen LogP contribution in [0.3, 0.4) is 0 Å². The number of amides is 1. The molecule has 0 saturated heterocycles.